The van der Waals surface area contributed by atoms with Gasteiger partial charge in [-0.05, 0) is 41.7 Å². The summed E-state index contributed by atoms with van der Waals surface area (Å²) in [6, 6.07) is 15.8. The molecule has 1 atom stereocenters. The molecule has 2 aromatic carbocycles. The van der Waals surface area contributed by atoms with Gasteiger partial charge in [0, 0.05) is 24.3 Å². The van der Waals surface area contributed by atoms with Crippen molar-refractivity contribution in [1.29, 1.82) is 0 Å². The van der Waals surface area contributed by atoms with Crippen LogP contribution in [0.5, 0.6) is 0 Å². The van der Waals surface area contributed by atoms with Crippen molar-refractivity contribution in [2.24, 2.45) is 5.73 Å². The van der Waals surface area contributed by atoms with Crippen LogP contribution in [0.2, 0.25) is 0 Å². The monoisotopic (exact) mass is 316 g/mol. The molecular weight excluding hydrogens is 296 g/mol. The van der Waals surface area contributed by atoms with Crippen LogP contribution < -0.4 is 10.6 Å². The number of carbonyl (C=O) groups is 1. The minimum absolute atomic E-state index is 0. The van der Waals surface area contributed by atoms with E-state index in [1.807, 2.05) is 47.4 Å². The van der Waals surface area contributed by atoms with E-state index in [1.54, 1.807) is 0 Å². The van der Waals surface area contributed by atoms with Crippen LogP contribution in [0.1, 0.15) is 40.7 Å². The van der Waals surface area contributed by atoms with Crippen LogP contribution in [0.3, 0.4) is 0 Å². The first-order chi connectivity index (χ1) is 10.2. The third-order valence-corrected chi connectivity index (χ3v) is 4.23. The van der Waals surface area contributed by atoms with E-state index in [2.05, 4.69) is 13.0 Å². The standard InChI is InChI=1S/C18H20N2O.ClH/c1-13-10-11-20(17-5-3-2-4-16(13)17)18(21)15-8-6-14(12-19)7-9-15;/h2-9,13H,10-12,19H2,1H3;1H. The van der Waals surface area contributed by atoms with E-state index in [9.17, 15) is 4.79 Å². The molecular formula is C18H21ClN2O. The summed E-state index contributed by atoms with van der Waals surface area (Å²) in [5.74, 6) is 0.572. The SMILES string of the molecule is CC1CCN(C(=O)c2ccc(CN)cc2)c2ccccc21.Cl. The molecule has 0 bridgehead atoms. The Kier molecular flexibility index (Phi) is 5.22. The fraction of sp³-hybridized carbons (Fsp3) is 0.278. The predicted octanol–water partition coefficient (Wildman–Crippen LogP) is 3.72. The van der Waals surface area contributed by atoms with Crippen molar-refractivity contribution in [3.05, 3.63) is 65.2 Å². The number of carbonyl (C=O) groups excluding carboxylic acids is 1. The Labute approximate surface area is 137 Å². The maximum Gasteiger partial charge on any atom is 0.258 e. The van der Waals surface area contributed by atoms with Crippen LogP contribution in [-0.2, 0) is 6.54 Å². The Bertz CT molecular complexity index is 654. The highest BCUT2D eigenvalue weighted by atomic mass is 35.5. The molecule has 0 saturated carbocycles. The normalized spacial score (nSPS) is 16.6. The van der Waals surface area contributed by atoms with Crippen molar-refractivity contribution >= 4 is 24.0 Å². The molecule has 4 heteroatoms. The number of amides is 1. The summed E-state index contributed by atoms with van der Waals surface area (Å²) in [6.45, 7) is 3.49. The lowest BCUT2D eigenvalue weighted by atomic mass is 9.91. The van der Waals surface area contributed by atoms with E-state index in [1.165, 1.54) is 5.56 Å². The second kappa shape index (κ2) is 6.95. The lowest BCUT2D eigenvalue weighted by Crippen LogP contribution is -2.36. The number of para-hydroxylation sites is 1. The zero-order valence-electron chi connectivity index (χ0n) is 12.7. The minimum atomic E-state index is 0. The van der Waals surface area contributed by atoms with Gasteiger partial charge in [-0.3, -0.25) is 4.79 Å². The molecule has 0 spiro atoms. The van der Waals surface area contributed by atoms with Crippen LogP contribution in [0, 0.1) is 0 Å². The molecule has 116 valence electrons. The molecule has 0 radical (unpaired) electrons. The van der Waals surface area contributed by atoms with E-state index < -0.39 is 0 Å². The van der Waals surface area contributed by atoms with Crippen LogP contribution in [0.25, 0.3) is 0 Å². The van der Waals surface area contributed by atoms with E-state index in [4.69, 9.17) is 5.73 Å². The largest absolute Gasteiger partial charge is 0.326 e. The molecule has 1 amide bonds. The maximum absolute atomic E-state index is 12.8. The highest BCUT2D eigenvalue weighted by Crippen LogP contribution is 2.35. The Balaban J connectivity index is 0.00000176. The third-order valence-electron chi connectivity index (χ3n) is 4.23. The molecule has 22 heavy (non-hydrogen) atoms. The van der Waals surface area contributed by atoms with Crippen molar-refractivity contribution in [1.82, 2.24) is 0 Å². The summed E-state index contributed by atoms with van der Waals surface area (Å²) in [6.07, 6.45) is 1.00. The maximum atomic E-state index is 12.8. The number of anilines is 1. The fourth-order valence-electron chi connectivity index (χ4n) is 2.90. The Morgan fingerprint density at radius 2 is 1.86 bits per heavy atom. The molecule has 1 heterocycles. The number of hydrogen-bond donors (Lipinski definition) is 1. The zero-order valence-corrected chi connectivity index (χ0v) is 13.5. The van der Waals surface area contributed by atoms with Crippen LogP contribution in [0.15, 0.2) is 48.5 Å². The van der Waals surface area contributed by atoms with E-state index >= 15 is 0 Å². The molecule has 0 saturated heterocycles. The molecule has 1 unspecified atom stereocenters. The minimum Gasteiger partial charge on any atom is -0.326 e. The predicted molar refractivity (Wildman–Crippen MR) is 92.7 cm³/mol. The number of benzene rings is 2. The van der Waals surface area contributed by atoms with Gasteiger partial charge in [0.15, 0.2) is 0 Å². The van der Waals surface area contributed by atoms with E-state index in [0.717, 1.165) is 29.8 Å². The number of nitrogens with two attached hydrogens (primary N) is 1. The van der Waals surface area contributed by atoms with E-state index in [0.29, 0.717) is 12.5 Å². The van der Waals surface area contributed by atoms with Crippen molar-refractivity contribution in [2.75, 3.05) is 11.4 Å². The Hall–Kier alpha value is -1.84. The van der Waals surface area contributed by atoms with Gasteiger partial charge in [0.2, 0.25) is 0 Å². The van der Waals surface area contributed by atoms with Gasteiger partial charge < -0.3 is 10.6 Å². The molecule has 2 aromatic rings. The summed E-state index contributed by atoms with van der Waals surface area (Å²) >= 11 is 0. The smallest absolute Gasteiger partial charge is 0.258 e. The van der Waals surface area contributed by atoms with Gasteiger partial charge in [-0.2, -0.15) is 0 Å². The number of fused-ring (bicyclic) bond motifs is 1. The zero-order chi connectivity index (χ0) is 14.8. The quantitative estimate of drug-likeness (QED) is 0.917. The van der Waals surface area contributed by atoms with Gasteiger partial charge in [0.25, 0.3) is 5.91 Å². The summed E-state index contributed by atoms with van der Waals surface area (Å²) in [7, 11) is 0. The fourth-order valence-corrected chi connectivity index (χ4v) is 2.90. The van der Waals surface area contributed by atoms with Crippen LogP contribution >= 0.6 is 12.4 Å². The molecule has 0 fully saturated rings. The van der Waals surface area contributed by atoms with Crippen LogP contribution in [-0.4, -0.2) is 12.5 Å². The molecule has 1 aliphatic heterocycles. The third kappa shape index (κ3) is 3.01. The highest BCUT2D eigenvalue weighted by Gasteiger charge is 2.26. The first-order valence-corrected chi connectivity index (χ1v) is 7.40. The Morgan fingerprint density at radius 1 is 1.18 bits per heavy atom. The van der Waals surface area contributed by atoms with E-state index in [-0.39, 0.29) is 18.3 Å². The molecule has 3 rings (SSSR count). The van der Waals surface area contributed by atoms with Crippen molar-refractivity contribution in [3.8, 4) is 0 Å². The summed E-state index contributed by atoms with van der Waals surface area (Å²) in [5.41, 5.74) is 9.67. The van der Waals surface area contributed by atoms with Crippen molar-refractivity contribution in [2.45, 2.75) is 25.8 Å². The van der Waals surface area contributed by atoms with Crippen molar-refractivity contribution in [3.63, 3.8) is 0 Å². The molecule has 0 aromatic heterocycles. The topological polar surface area (TPSA) is 46.3 Å². The number of hydrogen-bond acceptors (Lipinski definition) is 2. The molecule has 1 aliphatic rings. The van der Waals surface area contributed by atoms with Gasteiger partial charge in [-0.15, -0.1) is 12.4 Å². The number of halogens is 1. The average molecular weight is 317 g/mol. The van der Waals surface area contributed by atoms with Gasteiger partial charge in [-0.1, -0.05) is 37.3 Å². The highest BCUT2D eigenvalue weighted by molar-refractivity contribution is 6.06. The first-order valence-electron chi connectivity index (χ1n) is 7.40. The average Bonchev–Trinajstić information content (AvgIpc) is 2.55. The Morgan fingerprint density at radius 3 is 2.55 bits per heavy atom. The van der Waals surface area contributed by atoms with Crippen molar-refractivity contribution < 1.29 is 4.79 Å². The number of nitrogens with zero attached hydrogens (tertiary/aromatic N) is 1. The lowest BCUT2D eigenvalue weighted by molar-refractivity contribution is 0.0984. The first kappa shape index (κ1) is 16.5. The van der Waals surface area contributed by atoms with Gasteiger partial charge in [0.1, 0.15) is 0 Å². The van der Waals surface area contributed by atoms with Gasteiger partial charge in [-0.25, -0.2) is 0 Å². The molecule has 2 N–H and O–H groups in total. The summed E-state index contributed by atoms with van der Waals surface area (Å²) in [4.78, 5) is 14.7. The summed E-state index contributed by atoms with van der Waals surface area (Å²) < 4.78 is 0. The molecule has 3 nitrogen and oxygen atoms in total. The lowest BCUT2D eigenvalue weighted by Gasteiger charge is -2.33. The van der Waals surface area contributed by atoms with Gasteiger partial charge in [0.05, 0.1) is 0 Å². The number of rotatable bonds is 2. The molecule has 0 aliphatic carbocycles. The second-order valence-electron chi connectivity index (χ2n) is 5.61. The van der Waals surface area contributed by atoms with Gasteiger partial charge >= 0.3 is 0 Å². The second-order valence-corrected chi connectivity index (χ2v) is 5.61. The summed E-state index contributed by atoms with van der Waals surface area (Å²) in [5, 5.41) is 0. The van der Waals surface area contributed by atoms with Crippen LogP contribution in [0.4, 0.5) is 5.69 Å².